The van der Waals surface area contributed by atoms with E-state index in [2.05, 4.69) is 20.6 Å². The molecule has 1 aromatic heterocycles. The van der Waals surface area contributed by atoms with Gasteiger partial charge in [-0.05, 0) is 30.9 Å². The highest BCUT2D eigenvalue weighted by Crippen LogP contribution is 2.30. The van der Waals surface area contributed by atoms with Gasteiger partial charge in [0.1, 0.15) is 11.3 Å². The summed E-state index contributed by atoms with van der Waals surface area (Å²) in [5, 5.41) is 6.82. The molecule has 2 N–H and O–H groups in total. The van der Waals surface area contributed by atoms with E-state index in [0.29, 0.717) is 22.4 Å². The van der Waals surface area contributed by atoms with Gasteiger partial charge in [-0.25, -0.2) is 4.98 Å². The summed E-state index contributed by atoms with van der Waals surface area (Å²) in [4.78, 5) is 19.3. The molecule has 0 spiro atoms. The fraction of sp³-hybridized carbons (Fsp3) is 0.267. The maximum absolute atomic E-state index is 10.8. The summed E-state index contributed by atoms with van der Waals surface area (Å²) >= 11 is 6.09. The van der Waals surface area contributed by atoms with Crippen LogP contribution in [0.1, 0.15) is 23.2 Å². The van der Waals surface area contributed by atoms with Crippen LogP contribution in [0.25, 0.3) is 0 Å². The quantitative estimate of drug-likeness (QED) is 0.799. The Hall–Kier alpha value is -2.14. The van der Waals surface area contributed by atoms with E-state index in [1.165, 1.54) is 12.8 Å². The van der Waals surface area contributed by atoms with Crippen LogP contribution in [0, 0.1) is 5.92 Å². The monoisotopic (exact) mass is 302 g/mol. The topological polar surface area (TPSA) is 66.9 Å². The molecule has 2 aromatic rings. The molecule has 6 heteroatoms. The number of hydrogen-bond acceptors (Lipinski definition) is 5. The number of rotatable bonds is 6. The third-order valence-electron chi connectivity index (χ3n) is 3.28. The molecule has 108 valence electrons. The normalized spacial score (nSPS) is 13.8. The van der Waals surface area contributed by atoms with Crippen molar-refractivity contribution in [1.82, 2.24) is 9.97 Å². The highest BCUT2D eigenvalue weighted by atomic mass is 35.5. The zero-order valence-corrected chi connectivity index (χ0v) is 12.1. The van der Waals surface area contributed by atoms with E-state index < -0.39 is 0 Å². The first-order valence-corrected chi connectivity index (χ1v) is 7.21. The zero-order valence-electron chi connectivity index (χ0n) is 11.3. The first-order valence-electron chi connectivity index (χ1n) is 6.83. The van der Waals surface area contributed by atoms with Gasteiger partial charge in [0.25, 0.3) is 0 Å². The predicted molar refractivity (Wildman–Crippen MR) is 83.4 cm³/mol. The van der Waals surface area contributed by atoms with Crippen molar-refractivity contribution in [2.75, 3.05) is 17.2 Å². The van der Waals surface area contributed by atoms with Crippen LogP contribution in [0.5, 0.6) is 0 Å². The van der Waals surface area contributed by atoms with Gasteiger partial charge in [0, 0.05) is 17.8 Å². The average molecular weight is 303 g/mol. The van der Waals surface area contributed by atoms with E-state index in [4.69, 9.17) is 11.6 Å². The lowest BCUT2D eigenvalue weighted by Crippen LogP contribution is -2.07. The van der Waals surface area contributed by atoms with Crippen molar-refractivity contribution >= 4 is 35.3 Å². The summed E-state index contributed by atoms with van der Waals surface area (Å²) in [5.41, 5.74) is 1.36. The molecule has 1 aliphatic carbocycles. The first kappa shape index (κ1) is 13.8. The van der Waals surface area contributed by atoms with Gasteiger partial charge in [0.15, 0.2) is 5.82 Å². The molecule has 0 unspecified atom stereocenters. The molecule has 0 aliphatic heterocycles. The van der Waals surface area contributed by atoms with Gasteiger partial charge in [-0.3, -0.25) is 4.79 Å². The fourth-order valence-electron chi connectivity index (χ4n) is 1.93. The van der Waals surface area contributed by atoms with Crippen molar-refractivity contribution in [1.29, 1.82) is 0 Å². The van der Waals surface area contributed by atoms with Crippen LogP contribution in [-0.4, -0.2) is 22.8 Å². The van der Waals surface area contributed by atoms with Crippen molar-refractivity contribution < 1.29 is 4.79 Å². The number of aldehydes is 1. The van der Waals surface area contributed by atoms with E-state index >= 15 is 0 Å². The van der Waals surface area contributed by atoms with Gasteiger partial charge >= 0.3 is 0 Å². The molecule has 0 atom stereocenters. The summed E-state index contributed by atoms with van der Waals surface area (Å²) in [5.74, 6) is 1.81. The SMILES string of the molecule is O=Cc1cccc(Nc2ncc(Cl)c(NCC3CC3)n2)c1. The van der Waals surface area contributed by atoms with Crippen molar-refractivity contribution in [3.05, 3.63) is 41.0 Å². The number of nitrogens with one attached hydrogen (secondary N) is 2. The molecule has 1 fully saturated rings. The summed E-state index contributed by atoms with van der Waals surface area (Å²) in [6.45, 7) is 0.886. The number of carbonyl (C=O) groups is 1. The van der Waals surface area contributed by atoms with E-state index in [1.807, 2.05) is 6.07 Å². The minimum atomic E-state index is 0.445. The maximum Gasteiger partial charge on any atom is 0.229 e. The standard InChI is InChI=1S/C15H15ClN4O/c16-13-8-18-15(20-14(13)17-7-10-4-5-10)19-12-3-1-2-11(6-12)9-21/h1-3,6,8-10H,4-5,7H2,(H2,17,18,19,20). The molecule has 3 rings (SSSR count). The Kier molecular flexibility index (Phi) is 4.01. The minimum absolute atomic E-state index is 0.445. The number of carbonyl (C=O) groups excluding carboxylic acids is 1. The summed E-state index contributed by atoms with van der Waals surface area (Å²) < 4.78 is 0. The van der Waals surface area contributed by atoms with Crippen LogP contribution in [0.2, 0.25) is 5.02 Å². The summed E-state index contributed by atoms with van der Waals surface area (Å²) in [6, 6.07) is 7.13. The van der Waals surface area contributed by atoms with E-state index in [1.54, 1.807) is 24.4 Å². The molecule has 0 radical (unpaired) electrons. The van der Waals surface area contributed by atoms with Gasteiger partial charge in [0.05, 0.1) is 6.20 Å². The molecule has 1 heterocycles. The Balaban J connectivity index is 1.74. The number of benzene rings is 1. The number of anilines is 3. The van der Waals surface area contributed by atoms with Crippen LogP contribution in [0.3, 0.4) is 0 Å². The third-order valence-corrected chi connectivity index (χ3v) is 3.55. The molecule has 0 bridgehead atoms. The lowest BCUT2D eigenvalue weighted by atomic mass is 10.2. The second-order valence-corrected chi connectivity index (χ2v) is 5.49. The van der Waals surface area contributed by atoms with Crippen molar-refractivity contribution in [3.63, 3.8) is 0 Å². The Morgan fingerprint density at radius 2 is 2.24 bits per heavy atom. The van der Waals surface area contributed by atoms with E-state index in [-0.39, 0.29) is 0 Å². The first-order chi connectivity index (χ1) is 10.2. The second-order valence-electron chi connectivity index (χ2n) is 5.08. The lowest BCUT2D eigenvalue weighted by Gasteiger charge is -2.09. The average Bonchev–Trinajstić information content (AvgIpc) is 3.32. The number of halogens is 1. The maximum atomic E-state index is 10.8. The van der Waals surface area contributed by atoms with Crippen LogP contribution in [0.4, 0.5) is 17.5 Å². The van der Waals surface area contributed by atoms with Crippen LogP contribution >= 0.6 is 11.6 Å². The Morgan fingerprint density at radius 1 is 1.38 bits per heavy atom. The molecule has 21 heavy (non-hydrogen) atoms. The molecule has 0 saturated heterocycles. The molecular weight excluding hydrogens is 288 g/mol. The lowest BCUT2D eigenvalue weighted by molar-refractivity contribution is 0.112. The van der Waals surface area contributed by atoms with Crippen LogP contribution in [0.15, 0.2) is 30.5 Å². The van der Waals surface area contributed by atoms with Crippen molar-refractivity contribution in [2.45, 2.75) is 12.8 Å². The number of hydrogen-bond donors (Lipinski definition) is 2. The van der Waals surface area contributed by atoms with Gasteiger partial charge in [-0.2, -0.15) is 4.98 Å². The Labute approximate surface area is 127 Å². The molecule has 5 nitrogen and oxygen atoms in total. The minimum Gasteiger partial charge on any atom is -0.368 e. The van der Waals surface area contributed by atoms with Crippen molar-refractivity contribution in [3.8, 4) is 0 Å². The summed E-state index contributed by atoms with van der Waals surface area (Å²) in [6.07, 6.45) is 4.89. The van der Waals surface area contributed by atoms with Crippen molar-refractivity contribution in [2.24, 2.45) is 5.92 Å². The van der Waals surface area contributed by atoms with Crippen LogP contribution < -0.4 is 10.6 Å². The highest BCUT2D eigenvalue weighted by molar-refractivity contribution is 6.32. The van der Waals surface area contributed by atoms with E-state index in [9.17, 15) is 4.79 Å². The van der Waals surface area contributed by atoms with Gasteiger partial charge in [-0.1, -0.05) is 23.7 Å². The molecule has 1 saturated carbocycles. The molecule has 1 aliphatic rings. The highest BCUT2D eigenvalue weighted by Gasteiger charge is 2.21. The number of aromatic nitrogens is 2. The second kappa shape index (κ2) is 6.10. The van der Waals surface area contributed by atoms with Gasteiger partial charge in [-0.15, -0.1) is 0 Å². The number of nitrogens with zero attached hydrogens (tertiary/aromatic N) is 2. The Morgan fingerprint density at radius 3 is 3.00 bits per heavy atom. The van der Waals surface area contributed by atoms with Gasteiger partial charge in [0.2, 0.25) is 5.95 Å². The van der Waals surface area contributed by atoms with Gasteiger partial charge < -0.3 is 10.6 Å². The molecular formula is C15H15ClN4O. The molecule has 0 amide bonds. The summed E-state index contributed by atoms with van der Waals surface area (Å²) in [7, 11) is 0. The largest absolute Gasteiger partial charge is 0.368 e. The Bertz CT molecular complexity index is 658. The smallest absolute Gasteiger partial charge is 0.229 e. The van der Waals surface area contributed by atoms with Crippen LogP contribution in [-0.2, 0) is 0 Å². The zero-order chi connectivity index (χ0) is 14.7. The fourth-order valence-corrected chi connectivity index (χ4v) is 2.09. The molecule has 1 aromatic carbocycles. The van der Waals surface area contributed by atoms with E-state index in [0.717, 1.165) is 24.4 Å². The third kappa shape index (κ3) is 3.70. The predicted octanol–water partition coefficient (Wildman–Crippen LogP) is 3.51.